The van der Waals surface area contributed by atoms with Gasteiger partial charge < -0.3 is 10.2 Å². The average Bonchev–Trinajstić information content (AvgIpc) is 2.75. The molecule has 2 N–H and O–H groups in total. The monoisotopic (exact) mass is 409 g/mol. The normalized spacial score (nSPS) is 10.9. The van der Waals surface area contributed by atoms with E-state index in [1.165, 1.54) is 12.1 Å². The average molecular weight is 410 g/mol. The molecule has 7 heteroatoms. The molecule has 0 aliphatic rings. The first-order chi connectivity index (χ1) is 14.0. The van der Waals surface area contributed by atoms with Crippen molar-refractivity contribution in [1.29, 1.82) is 0 Å². The van der Waals surface area contributed by atoms with Crippen LogP contribution in [-0.2, 0) is 10.0 Å². The van der Waals surface area contributed by atoms with E-state index in [1.807, 2.05) is 37.4 Å². The number of hydrogen-bond donors (Lipinski definition) is 2. The molecule has 0 aliphatic carbocycles. The van der Waals surface area contributed by atoms with E-state index < -0.39 is 10.0 Å². The Kier molecular flexibility index (Phi) is 6.51. The zero-order valence-corrected chi connectivity index (χ0v) is 16.9. The molecule has 0 spiro atoms. The Hall–Kier alpha value is -3.32. The fourth-order valence-corrected chi connectivity index (χ4v) is 3.83. The molecule has 3 rings (SSSR count). The smallest absolute Gasteiger partial charge is 0.261 e. The van der Waals surface area contributed by atoms with Crippen molar-refractivity contribution in [2.45, 2.75) is 4.90 Å². The van der Waals surface area contributed by atoms with Gasteiger partial charge in [-0.1, -0.05) is 36.4 Å². The second-order valence-corrected chi connectivity index (χ2v) is 8.19. The maximum absolute atomic E-state index is 12.3. The Labute approximate surface area is 171 Å². The maximum Gasteiger partial charge on any atom is 0.261 e. The quantitative estimate of drug-likeness (QED) is 0.598. The number of anilines is 2. The Morgan fingerprint density at radius 1 is 0.862 bits per heavy atom. The summed E-state index contributed by atoms with van der Waals surface area (Å²) in [7, 11) is -1.69. The summed E-state index contributed by atoms with van der Waals surface area (Å²) in [5, 5.41) is 2.87. The summed E-state index contributed by atoms with van der Waals surface area (Å²) in [6, 6.07) is 24.4. The van der Waals surface area contributed by atoms with Crippen LogP contribution in [0, 0.1) is 0 Å². The largest absolute Gasteiger partial charge is 0.373 e. The lowest BCUT2D eigenvalue weighted by Gasteiger charge is -2.19. The van der Waals surface area contributed by atoms with Crippen molar-refractivity contribution in [2.24, 2.45) is 0 Å². The van der Waals surface area contributed by atoms with Crippen molar-refractivity contribution in [3.8, 4) is 0 Å². The molecule has 0 atom stereocenters. The third-order valence-corrected chi connectivity index (χ3v) is 5.78. The van der Waals surface area contributed by atoms with Gasteiger partial charge in [0, 0.05) is 37.1 Å². The number of benzene rings is 3. The minimum Gasteiger partial charge on any atom is -0.373 e. The molecule has 0 radical (unpaired) electrons. The molecule has 0 bridgehead atoms. The van der Waals surface area contributed by atoms with Crippen LogP contribution in [0.3, 0.4) is 0 Å². The molecule has 150 valence electrons. The van der Waals surface area contributed by atoms with E-state index in [9.17, 15) is 13.2 Å². The van der Waals surface area contributed by atoms with Crippen LogP contribution in [0.1, 0.15) is 10.4 Å². The highest BCUT2D eigenvalue weighted by Crippen LogP contribution is 2.16. The Balaban J connectivity index is 1.54. The highest BCUT2D eigenvalue weighted by molar-refractivity contribution is 7.92. The lowest BCUT2D eigenvalue weighted by molar-refractivity contribution is 0.0955. The van der Waals surface area contributed by atoms with Gasteiger partial charge in [0.05, 0.1) is 4.90 Å². The molecule has 29 heavy (non-hydrogen) atoms. The fourth-order valence-electron chi connectivity index (χ4n) is 2.75. The van der Waals surface area contributed by atoms with Crippen molar-refractivity contribution in [1.82, 2.24) is 5.32 Å². The number of carbonyl (C=O) groups is 1. The molecular formula is C22H23N3O3S. The lowest BCUT2D eigenvalue weighted by Crippen LogP contribution is -2.32. The number of para-hydroxylation sites is 1. The first-order valence-electron chi connectivity index (χ1n) is 9.18. The minimum atomic E-state index is -3.65. The minimum absolute atomic E-state index is 0.185. The van der Waals surface area contributed by atoms with Gasteiger partial charge in [-0.25, -0.2) is 8.42 Å². The number of hydrogen-bond acceptors (Lipinski definition) is 4. The van der Waals surface area contributed by atoms with E-state index in [0.29, 0.717) is 24.3 Å². The molecule has 1 amide bonds. The van der Waals surface area contributed by atoms with Gasteiger partial charge in [-0.3, -0.25) is 9.52 Å². The van der Waals surface area contributed by atoms with Crippen LogP contribution >= 0.6 is 0 Å². The van der Waals surface area contributed by atoms with Crippen LogP contribution in [0.5, 0.6) is 0 Å². The van der Waals surface area contributed by atoms with Crippen LogP contribution in [0.15, 0.2) is 89.8 Å². The number of nitrogens with one attached hydrogen (secondary N) is 2. The SMILES string of the molecule is CN(CCNC(=O)c1ccc(NS(=O)(=O)c2ccccc2)cc1)c1ccccc1. The first kappa shape index (κ1) is 20.4. The molecular weight excluding hydrogens is 386 g/mol. The van der Waals surface area contributed by atoms with Gasteiger partial charge in [0.25, 0.3) is 15.9 Å². The van der Waals surface area contributed by atoms with Gasteiger partial charge in [-0.05, 0) is 48.5 Å². The summed E-state index contributed by atoms with van der Waals surface area (Å²) in [6.07, 6.45) is 0. The van der Waals surface area contributed by atoms with Crippen LogP contribution in [0.25, 0.3) is 0 Å². The molecule has 0 aliphatic heterocycles. The van der Waals surface area contributed by atoms with E-state index in [1.54, 1.807) is 42.5 Å². The topological polar surface area (TPSA) is 78.5 Å². The van der Waals surface area contributed by atoms with Gasteiger partial charge in [-0.2, -0.15) is 0 Å². The van der Waals surface area contributed by atoms with E-state index in [4.69, 9.17) is 0 Å². The third-order valence-electron chi connectivity index (χ3n) is 4.38. The van der Waals surface area contributed by atoms with Crippen LogP contribution < -0.4 is 14.9 Å². The number of sulfonamides is 1. The molecule has 0 saturated carbocycles. The lowest BCUT2D eigenvalue weighted by atomic mass is 10.2. The third kappa shape index (κ3) is 5.58. The summed E-state index contributed by atoms with van der Waals surface area (Å²) in [6.45, 7) is 1.16. The molecule has 3 aromatic carbocycles. The highest BCUT2D eigenvalue weighted by atomic mass is 32.2. The zero-order chi connectivity index (χ0) is 20.7. The van der Waals surface area contributed by atoms with E-state index in [-0.39, 0.29) is 10.8 Å². The molecule has 0 unspecified atom stereocenters. The Bertz CT molecular complexity index is 1040. The number of carbonyl (C=O) groups excluding carboxylic acids is 1. The van der Waals surface area contributed by atoms with Crippen molar-refractivity contribution in [3.63, 3.8) is 0 Å². The number of nitrogens with zero attached hydrogens (tertiary/aromatic N) is 1. The Morgan fingerprint density at radius 2 is 1.45 bits per heavy atom. The van der Waals surface area contributed by atoms with Crippen molar-refractivity contribution >= 4 is 27.3 Å². The molecule has 0 fully saturated rings. The van der Waals surface area contributed by atoms with Gasteiger partial charge in [0.15, 0.2) is 0 Å². The van der Waals surface area contributed by atoms with Gasteiger partial charge in [0.1, 0.15) is 0 Å². The van der Waals surface area contributed by atoms with Gasteiger partial charge >= 0.3 is 0 Å². The van der Waals surface area contributed by atoms with Crippen molar-refractivity contribution < 1.29 is 13.2 Å². The number of rotatable bonds is 8. The van der Waals surface area contributed by atoms with Crippen LogP contribution in [0.2, 0.25) is 0 Å². The molecule has 0 heterocycles. The summed E-state index contributed by atoms with van der Waals surface area (Å²) in [5.41, 5.74) is 1.95. The van der Waals surface area contributed by atoms with Gasteiger partial charge in [0.2, 0.25) is 0 Å². The van der Waals surface area contributed by atoms with Gasteiger partial charge in [-0.15, -0.1) is 0 Å². The predicted octanol–water partition coefficient (Wildman–Crippen LogP) is 3.35. The number of likely N-dealkylation sites (N-methyl/N-ethyl adjacent to an activating group) is 1. The maximum atomic E-state index is 12.3. The standard InChI is InChI=1S/C22H23N3O3S/c1-25(20-8-4-2-5-9-20)17-16-23-22(26)18-12-14-19(15-13-18)24-29(27,28)21-10-6-3-7-11-21/h2-15,24H,16-17H2,1H3,(H,23,26). The van der Waals surface area contributed by atoms with Crippen molar-refractivity contribution in [2.75, 3.05) is 29.8 Å². The van der Waals surface area contributed by atoms with Crippen molar-refractivity contribution in [3.05, 3.63) is 90.5 Å². The van der Waals surface area contributed by atoms with Crippen LogP contribution in [-0.4, -0.2) is 34.5 Å². The summed E-state index contributed by atoms with van der Waals surface area (Å²) in [4.78, 5) is 14.6. The molecule has 3 aromatic rings. The van der Waals surface area contributed by atoms with Crippen LogP contribution in [0.4, 0.5) is 11.4 Å². The predicted molar refractivity (Wildman–Crippen MR) is 116 cm³/mol. The zero-order valence-electron chi connectivity index (χ0n) is 16.1. The molecule has 0 saturated heterocycles. The second-order valence-electron chi connectivity index (χ2n) is 6.51. The Morgan fingerprint density at radius 3 is 2.07 bits per heavy atom. The molecule has 6 nitrogen and oxygen atoms in total. The second kappa shape index (κ2) is 9.25. The summed E-state index contributed by atoms with van der Waals surface area (Å²) >= 11 is 0. The first-order valence-corrected chi connectivity index (χ1v) is 10.7. The van der Waals surface area contributed by atoms with E-state index in [0.717, 1.165) is 5.69 Å². The van der Waals surface area contributed by atoms with E-state index >= 15 is 0 Å². The number of amides is 1. The summed E-state index contributed by atoms with van der Waals surface area (Å²) in [5.74, 6) is -0.205. The highest BCUT2D eigenvalue weighted by Gasteiger charge is 2.14. The van der Waals surface area contributed by atoms with E-state index in [2.05, 4.69) is 14.9 Å². The molecule has 0 aromatic heterocycles. The fraction of sp³-hybridized carbons (Fsp3) is 0.136. The summed E-state index contributed by atoms with van der Waals surface area (Å²) < 4.78 is 27.2.